The fraction of sp³-hybridized carbons (Fsp3) is 0. The highest BCUT2D eigenvalue weighted by Crippen LogP contribution is 2.19. The van der Waals surface area contributed by atoms with E-state index in [1.165, 1.54) is 11.3 Å². The zero-order valence-corrected chi connectivity index (χ0v) is 5.85. The van der Waals surface area contributed by atoms with E-state index in [-0.39, 0.29) is 0 Å². The van der Waals surface area contributed by atoms with Crippen LogP contribution in [0.4, 0.5) is 0 Å². The van der Waals surface area contributed by atoms with Gasteiger partial charge in [-0.2, -0.15) is 0 Å². The lowest BCUT2D eigenvalue weighted by molar-refractivity contribution is 0.942. The highest BCUT2D eigenvalue weighted by molar-refractivity contribution is 7.13. The Balaban J connectivity index is 2.48. The van der Waals surface area contributed by atoms with Crippen molar-refractivity contribution in [3.63, 3.8) is 0 Å². The van der Waals surface area contributed by atoms with Crippen molar-refractivity contribution in [1.29, 1.82) is 0 Å². The second-order valence-corrected chi connectivity index (χ2v) is 2.66. The summed E-state index contributed by atoms with van der Waals surface area (Å²) in [5, 5.41) is 13.1. The van der Waals surface area contributed by atoms with E-state index in [9.17, 15) is 0 Å². The van der Waals surface area contributed by atoms with Gasteiger partial charge in [0.15, 0.2) is 0 Å². The number of nitrogens with zero attached hydrogens (tertiary/aromatic N) is 2. The Labute approximate surface area is 61.7 Å². The summed E-state index contributed by atoms with van der Waals surface area (Å²) in [6, 6.07) is 3.83. The lowest BCUT2D eigenvalue weighted by atomic mass is 10.4. The van der Waals surface area contributed by atoms with E-state index in [0.29, 0.717) is 0 Å². The van der Waals surface area contributed by atoms with E-state index >= 15 is 0 Å². The molecule has 2 aromatic rings. The van der Waals surface area contributed by atoms with E-state index in [2.05, 4.69) is 20.8 Å². The maximum absolute atomic E-state index is 3.84. The van der Waals surface area contributed by atoms with Gasteiger partial charge in [-0.15, -0.1) is 16.4 Å². The molecule has 0 saturated heterocycles. The lowest BCUT2D eigenvalue weighted by Crippen LogP contribution is -1.69. The first kappa shape index (κ1) is 5.61. The molecular weight excluding hydrogens is 146 g/mol. The van der Waals surface area contributed by atoms with Crippen molar-refractivity contribution in [2.45, 2.75) is 0 Å². The summed E-state index contributed by atoms with van der Waals surface area (Å²) < 4.78 is 0. The summed E-state index contributed by atoms with van der Waals surface area (Å²) in [4.78, 5) is 1.09. The lowest BCUT2D eigenvalue weighted by Gasteiger charge is -1.81. The third-order valence-corrected chi connectivity index (χ3v) is 1.96. The van der Waals surface area contributed by atoms with Crippen molar-refractivity contribution < 1.29 is 0 Å². The van der Waals surface area contributed by atoms with Crippen LogP contribution in [0.5, 0.6) is 0 Å². The number of hydrogen-bond donors (Lipinski definition) is 1. The first-order valence-electron chi connectivity index (χ1n) is 2.79. The van der Waals surface area contributed by atoms with Crippen molar-refractivity contribution >= 4 is 11.3 Å². The summed E-state index contributed by atoms with van der Waals surface area (Å²) in [5.74, 6) is 0. The third-order valence-electron chi connectivity index (χ3n) is 1.14. The van der Waals surface area contributed by atoms with Gasteiger partial charge in [0.05, 0.1) is 11.1 Å². The number of aromatic nitrogens is 3. The highest BCUT2D eigenvalue weighted by atomic mass is 32.1. The summed E-state index contributed by atoms with van der Waals surface area (Å²) in [6.45, 7) is 0. The topological polar surface area (TPSA) is 41.6 Å². The van der Waals surface area contributed by atoms with Gasteiger partial charge in [-0.1, -0.05) is 5.21 Å². The Hall–Kier alpha value is -1.16. The predicted molar refractivity (Wildman–Crippen MR) is 38.5 cm³/mol. The van der Waals surface area contributed by atoms with Gasteiger partial charge in [0.2, 0.25) is 0 Å². The zero-order chi connectivity index (χ0) is 6.81. The summed E-state index contributed by atoms with van der Waals surface area (Å²) >= 11 is 1.53. The third kappa shape index (κ3) is 0.823. The summed E-state index contributed by atoms with van der Waals surface area (Å²) in [6.07, 6.45) is 1.76. The van der Waals surface area contributed by atoms with Crippen LogP contribution in [-0.2, 0) is 0 Å². The molecule has 0 amide bonds. The SMILES string of the molecule is [c]1ccc(-c2c[nH]nn2)s1. The van der Waals surface area contributed by atoms with Crippen molar-refractivity contribution in [2.24, 2.45) is 0 Å². The number of thiophene rings is 1. The molecule has 0 atom stereocenters. The molecule has 49 valence electrons. The number of nitrogens with one attached hydrogen (secondary N) is 1. The van der Waals surface area contributed by atoms with E-state index < -0.39 is 0 Å². The molecule has 0 saturated carbocycles. The second-order valence-electron chi connectivity index (χ2n) is 1.78. The summed E-state index contributed by atoms with van der Waals surface area (Å²) in [7, 11) is 0. The van der Waals surface area contributed by atoms with Gasteiger partial charge < -0.3 is 0 Å². The molecule has 0 spiro atoms. The first-order chi connectivity index (χ1) is 4.97. The molecule has 3 nitrogen and oxygen atoms in total. The maximum Gasteiger partial charge on any atom is 0.122 e. The van der Waals surface area contributed by atoms with E-state index in [0.717, 1.165) is 10.6 Å². The average Bonchev–Trinajstić information content (AvgIpc) is 2.59. The van der Waals surface area contributed by atoms with Crippen LogP contribution in [0, 0.1) is 5.38 Å². The smallest absolute Gasteiger partial charge is 0.122 e. The number of aromatic amines is 1. The van der Waals surface area contributed by atoms with E-state index in [1.807, 2.05) is 12.1 Å². The van der Waals surface area contributed by atoms with Gasteiger partial charge >= 0.3 is 0 Å². The monoisotopic (exact) mass is 150 g/mol. The van der Waals surface area contributed by atoms with Crippen molar-refractivity contribution in [2.75, 3.05) is 0 Å². The molecule has 10 heavy (non-hydrogen) atoms. The minimum atomic E-state index is 0.881. The molecule has 0 aliphatic rings. The quantitative estimate of drug-likeness (QED) is 0.666. The molecule has 2 heterocycles. The summed E-state index contributed by atoms with van der Waals surface area (Å²) in [5.41, 5.74) is 0.881. The molecule has 0 aliphatic carbocycles. The van der Waals surface area contributed by atoms with Gasteiger partial charge in [-0.05, 0) is 12.1 Å². The second kappa shape index (κ2) is 2.22. The molecule has 0 aromatic carbocycles. The van der Waals surface area contributed by atoms with Crippen LogP contribution in [-0.4, -0.2) is 15.4 Å². The molecule has 0 unspecified atom stereocenters. The Morgan fingerprint density at radius 2 is 2.60 bits per heavy atom. The Morgan fingerprint density at radius 1 is 1.60 bits per heavy atom. The van der Waals surface area contributed by atoms with Gasteiger partial charge in [-0.25, -0.2) is 0 Å². The van der Waals surface area contributed by atoms with Gasteiger partial charge in [0.1, 0.15) is 5.69 Å². The Morgan fingerprint density at radius 3 is 3.20 bits per heavy atom. The van der Waals surface area contributed by atoms with Crippen LogP contribution in [0.3, 0.4) is 0 Å². The minimum absolute atomic E-state index is 0.881. The van der Waals surface area contributed by atoms with Crippen LogP contribution in [0.15, 0.2) is 18.3 Å². The Bertz CT molecular complexity index is 252. The molecule has 4 heteroatoms. The van der Waals surface area contributed by atoms with Gasteiger partial charge in [0.25, 0.3) is 0 Å². The number of H-pyrrole nitrogens is 1. The standard InChI is InChI=1S/C6H4N3S/c1-2-6(10-3-1)5-4-7-9-8-5/h1-2,4H,(H,7,8,9). The van der Waals surface area contributed by atoms with Crippen LogP contribution in [0.1, 0.15) is 0 Å². The number of rotatable bonds is 1. The van der Waals surface area contributed by atoms with Crippen molar-refractivity contribution in [3.8, 4) is 10.6 Å². The van der Waals surface area contributed by atoms with E-state index in [1.54, 1.807) is 6.20 Å². The van der Waals surface area contributed by atoms with Crippen LogP contribution < -0.4 is 0 Å². The van der Waals surface area contributed by atoms with Crippen LogP contribution >= 0.6 is 11.3 Å². The number of hydrogen-bond acceptors (Lipinski definition) is 3. The molecule has 0 fully saturated rings. The van der Waals surface area contributed by atoms with Gasteiger partial charge in [-0.3, -0.25) is 5.10 Å². The molecule has 0 bridgehead atoms. The average molecular weight is 150 g/mol. The normalized spacial score (nSPS) is 10.0. The first-order valence-corrected chi connectivity index (χ1v) is 3.61. The van der Waals surface area contributed by atoms with Crippen LogP contribution in [0.2, 0.25) is 0 Å². The largest absolute Gasteiger partial charge is 0.265 e. The molecule has 1 radical (unpaired) electrons. The maximum atomic E-state index is 3.84. The highest BCUT2D eigenvalue weighted by Gasteiger charge is 1.98. The predicted octanol–water partition coefficient (Wildman–Crippen LogP) is 1.33. The fourth-order valence-electron chi connectivity index (χ4n) is 0.701. The van der Waals surface area contributed by atoms with E-state index in [4.69, 9.17) is 0 Å². The molecule has 2 aromatic heterocycles. The minimum Gasteiger partial charge on any atom is -0.265 e. The molecule has 2 rings (SSSR count). The van der Waals surface area contributed by atoms with Crippen molar-refractivity contribution in [3.05, 3.63) is 23.7 Å². The van der Waals surface area contributed by atoms with Crippen LogP contribution in [0.25, 0.3) is 10.6 Å². The van der Waals surface area contributed by atoms with Gasteiger partial charge in [0, 0.05) is 5.38 Å². The molecule has 0 aliphatic heterocycles. The Kier molecular flexibility index (Phi) is 1.25. The zero-order valence-electron chi connectivity index (χ0n) is 5.03. The van der Waals surface area contributed by atoms with Crippen molar-refractivity contribution in [1.82, 2.24) is 15.4 Å². The molecule has 1 N–H and O–H groups in total. The molecular formula is C6H4N3S. The fourth-order valence-corrected chi connectivity index (χ4v) is 1.30.